The molecule has 2 aromatic carbocycles. The van der Waals surface area contributed by atoms with Gasteiger partial charge in [-0.3, -0.25) is 9.59 Å². The predicted molar refractivity (Wildman–Crippen MR) is 90.8 cm³/mol. The first-order valence-corrected chi connectivity index (χ1v) is 8.18. The summed E-state index contributed by atoms with van der Waals surface area (Å²) < 4.78 is 55.1. The summed E-state index contributed by atoms with van der Waals surface area (Å²) in [5.41, 5.74) is 2.01. The molecule has 6 heteroatoms. The van der Waals surface area contributed by atoms with Crippen LogP contribution in [0.5, 0.6) is 0 Å². The van der Waals surface area contributed by atoms with Crippen LogP contribution in [0.1, 0.15) is 36.2 Å². The minimum absolute atomic E-state index is 0.576. The molecule has 0 N–H and O–H groups in total. The monoisotopic (exact) mass is 366 g/mol. The summed E-state index contributed by atoms with van der Waals surface area (Å²) in [7, 11) is 0. The predicted octanol–water partition coefficient (Wildman–Crippen LogP) is 5.35. The fourth-order valence-corrected chi connectivity index (χ4v) is 2.47. The quantitative estimate of drug-likeness (QED) is 0.489. The third-order valence-corrected chi connectivity index (χ3v) is 4.19. The molecule has 2 aromatic rings. The van der Waals surface area contributed by atoms with Crippen molar-refractivity contribution in [3.05, 3.63) is 59.7 Å². The van der Waals surface area contributed by atoms with Crippen molar-refractivity contribution in [2.24, 2.45) is 0 Å². The molecule has 0 heterocycles. The Hall–Kier alpha value is -2.50. The van der Waals surface area contributed by atoms with Crippen molar-refractivity contribution in [3.8, 4) is 11.1 Å². The summed E-state index contributed by atoms with van der Waals surface area (Å²) in [4.78, 5) is 23.0. The Balaban J connectivity index is 2.29. The first kappa shape index (κ1) is 19.8. The Morgan fingerprint density at radius 3 is 1.65 bits per heavy atom. The van der Waals surface area contributed by atoms with E-state index in [1.807, 2.05) is 31.2 Å². The van der Waals surface area contributed by atoms with Crippen LogP contribution in [0.3, 0.4) is 0 Å². The Labute approximate surface area is 148 Å². The number of hydrogen-bond donors (Lipinski definition) is 0. The lowest BCUT2D eigenvalue weighted by atomic mass is 9.95. The molecule has 0 unspecified atom stereocenters. The molecule has 0 aliphatic carbocycles. The molecule has 0 fully saturated rings. The van der Waals surface area contributed by atoms with Crippen LogP contribution >= 0.6 is 0 Å². The summed E-state index contributed by atoms with van der Waals surface area (Å²) in [5, 5.41) is 0. The molecule has 0 saturated heterocycles. The Bertz CT molecular complexity index is 794. The van der Waals surface area contributed by atoms with Gasteiger partial charge in [-0.2, -0.15) is 17.6 Å². The molecule has 0 radical (unpaired) electrons. The summed E-state index contributed by atoms with van der Waals surface area (Å²) in [6, 6.07) is 12.5. The molecule has 0 saturated carbocycles. The molecular formula is C20H18F4O2. The average Bonchev–Trinajstić information content (AvgIpc) is 2.66. The number of halogens is 4. The molecule has 0 bridgehead atoms. The second kappa shape index (κ2) is 7.40. The van der Waals surface area contributed by atoms with E-state index in [1.165, 1.54) is 12.1 Å². The molecule has 0 spiro atoms. The number of Topliss-reactive ketones (excluding diaryl/α,β-unsaturated/α-hetero) is 2. The topological polar surface area (TPSA) is 34.1 Å². The van der Waals surface area contributed by atoms with Crippen molar-refractivity contribution in [3.63, 3.8) is 0 Å². The Morgan fingerprint density at radius 2 is 1.23 bits per heavy atom. The van der Waals surface area contributed by atoms with Gasteiger partial charge in [-0.1, -0.05) is 62.4 Å². The highest BCUT2D eigenvalue weighted by Gasteiger charge is 2.65. The van der Waals surface area contributed by atoms with Crippen LogP contribution in [-0.4, -0.2) is 23.4 Å². The van der Waals surface area contributed by atoms with Gasteiger partial charge in [-0.15, -0.1) is 0 Å². The van der Waals surface area contributed by atoms with E-state index < -0.39 is 35.4 Å². The molecule has 2 nitrogen and oxygen atoms in total. The van der Waals surface area contributed by atoms with Crippen LogP contribution in [-0.2, 0) is 11.2 Å². The smallest absolute Gasteiger partial charge is 0.293 e. The Kier molecular flexibility index (Phi) is 5.64. The second-order valence-electron chi connectivity index (χ2n) is 5.88. The molecule has 2 rings (SSSR count). The highest BCUT2D eigenvalue weighted by atomic mass is 19.3. The first-order valence-electron chi connectivity index (χ1n) is 8.18. The number of benzene rings is 2. The number of rotatable bonds is 7. The Morgan fingerprint density at radius 1 is 0.769 bits per heavy atom. The third kappa shape index (κ3) is 3.54. The minimum Gasteiger partial charge on any atom is -0.293 e. The fraction of sp³-hybridized carbons (Fsp3) is 0.300. The van der Waals surface area contributed by atoms with Gasteiger partial charge in [-0.25, -0.2) is 0 Å². The number of hydrogen-bond acceptors (Lipinski definition) is 2. The molecule has 138 valence electrons. The summed E-state index contributed by atoms with van der Waals surface area (Å²) in [6.07, 6.45) is 0.0794. The van der Waals surface area contributed by atoms with Gasteiger partial charge >= 0.3 is 11.8 Å². The lowest BCUT2D eigenvalue weighted by molar-refractivity contribution is -0.188. The van der Waals surface area contributed by atoms with E-state index in [-0.39, 0.29) is 0 Å². The van der Waals surface area contributed by atoms with Crippen LogP contribution in [0, 0.1) is 0 Å². The largest absolute Gasteiger partial charge is 0.379 e. The van der Waals surface area contributed by atoms with Crippen molar-refractivity contribution in [1.29, 1.82) is 0 Å². The number of carbonyl (C=O) groups is 2. The first-order chi connectivity index (χ1) is 12.1. The van der Waals surface area contributed by atoms with E-state index >= 15 is 0 Å². The molecule has 0 aliphatic rings. The highest BCUT2D eigenvalue weighted by molar-refractivity contribution is 6.06. The third-order valence-electron chi connectivity index (χ3n) is 4.19. The van der Waals surface area contributed by atoms with Gasteiger partial charge < -0.3 is 0 Å². The van der Waals surface area contributed by atoms with Crippen molar-refractivity contribution < 1.29 is 27.2 Å². The van der Waals surface area contributed by atoms with Crippen molar-refractivity contribution >= 4 is 11.6 Å². The van der Waals surface area contributed by atoms with E-state index in [2.05, 4.69) is 0 Å². The van der Waals surface area contributed by atoms with Crippen LogP contribution in [0.25, 0.3) is 11.1 Å². The maximum Gasteiger partial charge on any atom is 0.379 e. The number of alkyl halides is 4. The summed E-state index contributed by atoms with van der Waals surface area (Å²) >= 11 is 0. The van der Waals surface area contributed by atoms with E-state index in [1.54, 1.807) is 0 Å². The van der Waals surface area contributed by atoms with Crippen molar-refractivity contribution in [2.75, 3.05) is 0 Å². The summed E-state index contributed by atoms with van der Waals surface area (Å²) in [5.74, 6) is -14.2. The highest BCUT2D eigenvalue weighted by Crippen LogP contribution is 2.38. The lowest BCUT2D eigenvalue weighted by Gasteiger charge is -2.23. The van der Waals surface area contributed by atoms with Crippen molar-refractivity contribution in [1.82, 2.24) is 0 Å². The molecular weight excluding hydrogens is 348 g/mol. The van der Waals surface area contributed by atoms with E-state index in [0.29, 0.717) is 5.56 Å². The minimum atomic E-state index is -5.09. The van der Waals surface area contributed by atoms with Gasteiger partial charge in [-0.05, 0) is 23.1 Å². The zero-order valence-electron chi connectivity index (χ0n) is 14.4. The van der Waals surface area contributed by atoms with Gasteiger partial charge in [0.15, 0.2) is 0 Å². The zero-order valence-corrected chi connectivity index (χ0v) is 14.4. The number of aryl methyl sites for hydroxylation is 1. The van der Waals surface area contributed by atoms with Gasteiger partial charge in [0.05, 0.1) is 0 Å². The average molecular weight is 366 g/mol. The lowest BCUT2D eigenvalue weighted by Crippen LogP contribution is -2.52. The van der Waals surface area contributed by atoms with Gasteiger partial charge in [0, 0.05) is 12.0 Å². The SMILES string of the molecule is CCC(=O)C(F)(F)C(F)(F)C(=O)c1ccc(-c2ccc(CC)cc2)cc1. The maximum absolute atomic E-state index is 13.9. The zero-order chi connectivity index (χ0) is 19.5. The molecule has 0 aromatic heterocycles. The van der Waals surface area contributed by atoms with Gasteiger partial charge in [0.25, 0.3) is 0 Å². The molecule has 0 atom stereocenters. The van der Waals surface area contributed by atoms with Crippen molar-refractivity contribution in [2.45, 2.75) is 38.5 Å². The van der Waals surface area contributed by atoms with Crippen LogP contribution in [0.4, 0.5) is 17.6 Å². The standard InChI is InChI=1S/C20H18F4O2/c1-3-13-5-7-14(8-6-13)15-9-11-16(12-10-15)18(26)20(23,24)19(21,22)17(25)4-2/h5-12H,3-4H2,1-2H3. The van der Waals surface area contributed by atoms with E-state index in [4.69, 9.17) is 0 Å². The maximum atomic E-state index is 13.9. The normalized spacial score (nSPS) is 12.1. The number of carbonyl (C=O) groups excluding carboxylic acids is 2. The summed E-state index contributed by atoms with van der Waals surface area (Å²) in [6.45, 7) is 3.05. The van der Waals surface area contributed by atoms with E-state index in [9.17, 15) is 27.2 Å². The molecule has 0 amide bonds. The van der Waals surface area contributed by atoms with Gasteiger partial charge in [0.2, 0.25) is 11.6 Å². The van der Waals surface area contributed by atoms with Crippen LogP contribution in [0.2, 0.25) is 0 Å². The fourth-order valence-electron chi connectivity index (χ4n) is 2.47. The van der Waals surface area contributed by atoms with E-state index in [0.717, 1.165) is 36.6 Å². The molecule has 26 heavy (non-hydrogen) atoms. The van der Waals surface area contributed by atoms with Crippen LogP contribution < -0.4 is 0 Å². The molecule has 0 aliphatic heterocycles. The second-order valence-corrected chi connectivity index (χ2v) is 5.88. The van der Waals surface area contributed by atoms with Crippen LogP contribution in [0.15, 0.2) is 48.5 Å². The van der Waals surface area contributed by atoms with Gasteiger partial charge in [0.1, 0.15) is 0 Å². The number of ketones is 2.